The van der Waals surface area contributed by atoms with E-state index in [0.717, 1.165) is 0 Å². The highest BCUT2D eigenvalue weighted by atomic mass is 19.1. The molecular weight excluding hydrogens is 223 g/mol. The summed E-state index contributed by atoms with van der Waals surface area (Å²) in [6, 6.07) is 8.48. The average Bonchev–Trinajstić information content (AvgIpc) is 2.32. The number of halogens is 1. The number of ketones is 1. The summed E-state index contributed by atoms with van der Waals surface area (Å²) in [7, 11) is 0. The van der Waals surface area contributed by atoms with Gasteiger partial charge in [-0.05, 0) is 18.2 Å². The predicted molar refractivity (Wildman–Crippen MR) is 59.3 cm³/mol. The second kappa shape index (κ2) is 4.69. The molecule has 0 aliphatic heterocycles. The molecule has 2 rings (SSSR count). The average molecular weight is 232 g/mol. The van der Waals surface area contributed by atoms with Crippen LogP contribution in [0, 0.1) is 5.82 Å². The van der Waals surface area contributed by atoms with Gasteiger partial charge >= 0.3 is 0 Å². The molecule has 1 N–H and O–H groups in total. The maximum Gasteiger partial charge on any atom is 0.264 e. The van der Waals surface area contributed by atoms with Crippen molar-refractivity contribution in [3.8, 4) is 0 Å². The number of hydrogen-bond donors (Lipinski definition) is 1. The fourth-order valence-corrected chi connectivity index (χ4v) is 1.42. The summed E-state index contributed by atoms with van der Waals surface area (Å²) >= 11 is 0. The van der Waals surface area contributed by atoms with Crippen LogP contribution >= 0.6 is 0 Å². The van der Waals surface area contributed by atoms with Crippen molar-refractivity contribution < 1.29 is 9.18 Å². The van der Waals surface area contributed by atoms with Crippen LogP contribution in [0.1, 0.15) is 16.1 Å². The molecule has 0 unspecified atom stereocenters. The maximum atomic E-state index is 13.3. The Morgan fingerprint density at radius 2 is 2.00 bits per heavy atom. The third-order valence-corrected chi connectivity index (χ3v) is 2.25. The first-order valence-electron chi connectivity index (χ1n) is 4.99. The van der Waals surface area contributed by atoms with Crippen molar-refractivity contribution in [2.75, 3.05) is 0 Å². The number of aromatic nitrogens is 2. The van der Waals surface area contributed by atoms with E-state index in [1.165, 1.54) is 30.3 Å². The third-order valence-electron chi connectivity index (χ3n) is 2.25. The summed E-state index contributed by atoms with van der Waals surface area (Å²) in [5, 5.41) is 5.91. The molecule has 0 aliphatic rings. The summed E-state index contributed by atoms with van der Waals surface area (Å²) in [5.41, 5.74) is 0.0884. The fourth-order valence-electron chi connectivity index (χ4n) is 1.42. The van der Waals surface area contributed by atoms with E-state index >= 15 is 0 Å². The Kier molecular flexibility index (Phi) is 3.09. The number of carbonyl (C=O) groups is 1. The van der Waals surface area contributed by atoms with E-state index in [-0.39, 0.29) is 23.3 Å². The number of carbonyl (C=O) groups excluding carboxylic acids is 1. The molecule has 17 heavy (non-hydrogen) atoms. The molecule has 2 aromatic rings. The number of benzene rings is 1. The third kappa shape index (κ3) is 2.63. The van der Waals surface area contributed by atoms with Crippen LogP contribution < -0.4 is 5.56 Å². The number of Topliss-reactive ketones (excluding diaryl/α,β-unsaturated/α-hetero) is 1. The quantitative estimate of drug-likeness (QED) is 0.812. The molecule has 4 nitrogen and oxygen atoms in total. The Morgan fingerprint density at radius 1 is 1.24 bits per heavy atom. The number of aromatic amines is 1. The summed E-state index contributed by atoms with van der Waals surface area (Å²) in [6.45, 7) is 0. The van der Waals surface area contributed by atoms with Gasteiger partial charge in [-0.2, -0.15) is 5.10 Å². The van der Waals surface area contributed by atoms with Gasteiger partial charge in [0, 0.05) is 6.07 Å². The van der Waals surface area contributed by atoms with Crippen LogP contribution in [0.3, 0.4) is 0 Å². The summed E-state index contributed by atoms with van der Waals surface area (Å²) in [5.74, 6) is -0.926. The van der Waals surface area contributed by atoms with Gasteiger partial charge in [-0.1, -0.05) is 12.1 Å². The Bertz CT molecular complexity index is 587. The van der Waals surface area contributed by atoms with Crippen molar-refractivity contribution in [3.05, 3.63) is 63.8 Å². The molecule has 0 radical (unpaired) electrons. The Balaban J connectivity index is 2.20. The van der Waals surface area contributed by atoms with Crippen LogP contribution in [0.25, 0.3) is 0 Å². The smallest absolute Gasteiger partial charge is 0.264 e. The topological polar surface area (TPSA) is 62.8 Å². The standard InChI is InChI=1S/C12H9FN2O2/c13-10-4-2-1-3-9(10)11(16)7-8-5-6-12(17)15-14-8/h1-6H,7H2,(H,15,17). The molecule has 0 atom stereocenters. The first-order chi connectivity index (χ1) is 8.16. The SMILES string of the molecule is O=C(Cc1ccc(=O)[nH]n1)c1ccccc1F. The number of nitrogens with one attached hydrogen (secondary N) is 1. The molecule has 86 valence electrons. The molecule has 0 aliphatic carbocycles. The highest BCUT2D eigenvalue weighted by Gasteiger charge is 2.12. The second-order valence-corrected chi connectivity index (χ2v) is 3.49. The molecule has 1 aromatic heterocycles. The Labute approximate surface area is 96.1 Å². The van der Waals surface area contributed by atoms with Crippen molar-refractivity contribution in [2.24, 2.45) is 0 Å². The zero-order valence-corrected chi connectivity index (χ0v) is 8.81. The minimum atomic E-state index is -0.554. The van der Waals surface area contributed by atoms with Gasteiger partial charge in [0.1, 0.15) is 5.82 Å². The predicted octanol–water partition coefficient (Wildman–Crippen LogP) is 1.33. The molecule has 1 aromatic carbocycles. The molecule has 0 bridgehead atoms. The number of H-pyrrole nitrogens is 1. The Morgan fingerprint density at radius 3 is 2.65 bits per heavy atom. The first-order valence-corrected chi connectivity index (χ1v) is 4.99. The van der Waals surface area contributed by atoms with Crippen LogP contribution in [-0.2, 0) is 6.42 Å². The van der Waals surface area contributed by atoms with Gasteiger partial charge in [-0.25, -0.2) is 9.49 Å². The van der Waals surface area contributed by atoms with Crippen LogP contribution in [0.5, 0.6) is 0 Å². The van der Waals surface area contributed by atoms with Crippen LogP contribution in [0.2, 0.25) is 0 Å². The summed E-state index contributed by atoms with van der Waals surface area (Å²) in [6.07, 6.45) is -0.0439. The zero-order valence-electron chi connectivity index (χ0n) is 8.81. The first kappa shape index (κ1) is 11.2. The molecule has 1 heterocycles. The van der Waals surface area contributed by atoms with Gasteiger partial charge in [0.05, 0.1) is 17.7 Å². The van der Waals surface area contributed by atoms with Gasteiger partial charge in [0.25, 0.3) is 5.56 Å². The highest BCUT2D eigenvalue weighted by molar-refractivity contribution is 5.97. The lowest BCUT2D eigenvalue weighted by Crippen LogP contribution is -2.12. The number of rotatable bonds is 3. The molecule has 0 saturated carbocycles. The lowest BCUT2D eigenvalue weighted by atomic mass is 10.1. The van der Waals surface area contributed by atoms with Crippen molar-refractivity contribution >= 4 is 5.78 Å². The van der Waals surface area contributed by atoms with Crippen molar-refractivity contribution in [1.82, 2.24) is 10.2 Å². The van der Waals surface area contributed by atoms with Gasteiger partial charge in [0.2, 0.25) is 0 Å². The molecule has 0 saturated heterocycles. The van der Waals surface area contributed by atoms with Gasteiger partial charge in [-0.15, -0.1) is 0 Å². The van der Waals surface area contributed by atoms with E-state index in [1.807, 2.05) is 0 Å². The molecule has 5 heteroatoms. The van der Waals surface area contributed by atoms with Gasteiger partial charge in [0.15, 0.2) is 5.78 Å². The summed E-state index contributed by atoms with van der Waals surface area (Å²) < 4.78 is 13.3. The largest absolute Gasteiger partial charge is 0.294 e. The van der Waals surface area contributed by atoms with Crippen LogP contribution in [-0.4, -0.2) is 16.0 Å². The normalized spacial score (nSPS) is 10.2. The monoisotopic (exact) mass is 232 g/mol. The Hall–Kier alpha value is -2.30. The minimum absolute atomic E-state index is 0.0282. The fraction of sp³-hybridized carbons (Fsp3) is 0.0833. The second-order valence-electron chi connectivity index (χ2n) is 3.49. The van der Waals surface area contributed by atoms with Crippen molar-refractivity contribution in [3.63, 3.8) is 0 Å². The number of hydrogen-bond acceptors (Lipinski definition) is 3. The van der Waals surface area contributed by atoms with E-state index in [0.29, 0.717) is 5.69 Å². The van der Waals surface area contributed by atoms with Crippen LogP contribution in [0.15, 0.2) is 41.2 Å². The minimum Gasteiger partial charge on any atom is -0.294 e. The van der Waals surface area contributed by atoms with Gasteiger partial charge in [-0.3, -0.25) is 9.59 Å². The zero-order chi connectivity index (χ0) is 12.3. The number of nitrogens with zero attached hydrogens (tertiary/aromatic N) is 1. The van der Waals surface area contributed by atoms with E-state index in [4.69, 9.17) is 0 Å². The van der Waals surface area contributed by atoms with Crippen LogP contribution in [0.4, 0.5) is 4.39 Å². The maximum absolute atomic E-state index is 13.3. The van der Waals surface area contributed by atoms with Crippen molar-refractivity contribution in [2.45, 2.75) is 6.42 Å². The van der Waals surface area contributed by atoms with Gasteiger partial charge < -0.3 is 0 Å². The van der Waals surface area contributed by atoms with Crippen molar-refractivity contribution in [1.29, 1.82) is 0 Å². The molecule has 0 amide bonds. The molecule has 0 fully saturated rings. The lowest BCUT2D eigenvalue weighted by Gasteiger charge is -2.01. The van der Waals surface area contributed by atoms with E-state index < -0.39 is 5.82 Å². The van der Waals surface area contributed by atoms with E-state index in [9.17, 15) is 14.0 Å². The van der Waals surface area contributed by atoms with E-state index in [2.05, 4.69) is 10.2 Å². The highest BCUT2D eigenvalue weighted by Crippen LogP contribution is 2.09. The summed E-state index contributed by atoms with van der Waals surface area (Å²) in [4.78, 5) is 22.5. The molecule has 0 spiro atoms. The van der Waals surface area contributed by atoms with E-state index in [1.54, 1.807) is 6.07 Å². The lowest BCUT2D eigenvalue weighted by molar-refractivity contribution is 0.0988. The molecular formula is C12H9FN2O2.